The van der Waals surface area contributed by atoms with Crippen molar-refractivity contribution in [2.45, 2.75) is 82.4 Å². The van der Waals surface area contributed by atoms with E-state index >= 15 is 0 Å². The van der Waals surface area contributed by atoms with E-state index in [0.717, 1.165) is 17.0 Å². The van der Waals surface area contributed by atoms with Crippen LogP contribution in [0.3, 0.4) is 0 Å². The van der Waals surface area contributed by atoms with E-state index in [9.17, 15) is 27.6 Å². The van der Waals surface area contributed by atoms with E-state index in [0.29, 0.717) is 6.42 Å². The summed E-state index contributed by atoms with van der Waals surface area (Å²) in [4.78, 5) is 53.8. The minimum atomic E-state index is -4.40. The average molecular weight is 566 g/mol. The minimum Gasteiger partial charge on any atom is -0.466 e. The average Bonchev–Trinajstić information content (AvgIpc) is 3.35. The van der Waals surface area contributed by atoms with Crippen LogP contribution in [0.1, 0.15) is 59.4 Å². The Morgan fingerprint density at radius 2 is 1.59 bits per heavy atom. The lowest BCUT2D eigenvalue weighted by atomic mass is 9.66. The lowest BCUT2D eigenvalue weighted by molar-refractivity contribution is -0.212. The number of carbonyl (C=O) groups excluding carboxylic acids is 4. The van der Waals surface area contributed by atoms with E-state index in [4.69, 9.17) is 18.9 Å². The van der Waals surface area contributed by atoms with Crippen molar-refractivity contribution in [2.75, 3.05) is 20.3 Å². The van der Waals surface area contributed by atoms with Crippen LogP contribution in [0.5, 0.6) is 0 Å². The number of methoxy groups -OCH3 is 1. The highest BCUT2D eigenvalue weighted by atomic mass is 32.2. The molecule has 2 heterocycles. The first kappa shape index (κ1) is 29.0. The quantitative estimate of drug-likeness (QED) is 0.357. The minimum absolute atomic E-state index is 0.119. The van der Waals surface area contributed by atoms with Gasteiger partial charge < -0.3 is 18.9 Å². The van der Waals surface area contributed by atoms with Crippen LogP contribution in [-0.4, -0.2) is 73.6 Å². The zero-order valence-corrected chi connectivity index (χ0v) is 24.1. The maximum Gasteiger partial charge on any atom is 0.353 e. The molecule has 1 saturated carbocycles. The monoisotopic (exact) mass is 565 g/mol. The Morgan fingerprint density at radius 3 is 2.08 bits per heavy atom. The normalized spacial score (nSPS) is 33.5. The van der Waals surface area contributed by atoms with Gasteiger partial charge in [0, 0.05) is 18.4 Å². The van der Waals surface area contributed by atoms with Crippen molar-refractivity contribution in [3.8, 4) is 0 Å². The number of fused-ring (bicyclic) bond motifs is 2. The SMILES string of the molecule is CCOC(=O)C1(C)N(S(=O)(=O)c2ccc(C)cc2)CCC1(OC(=O)C12CCC(C)(C(=O)O1)C2(C)C)C(=O)OC. The van der Waals surface area contributed by atoms with Crippen molar-refractivity contribution in [3.63, 3.8) is 0 Å². The van der Waals surface area contributed by atoms with Gasteiger partial charge in [-0.3, -0.25) is 4.79 Å². The molecule has 4 rings (SSSR count). The molecule has 2 saturated heterocycles. The summed E-state index contributed by atoms with van der Waals surface area (Å²) in [5.74, 6) is -3.83. The highest BCUT2D eigenvalue weighted by Gasteiger charge is 2.79. The molecule has 214 valence electrons. The lowest BCUT2D eigenvalue weighted by Gasteiger charge is -2.43. The molecule has 11 nitrogen and oxygen atoms in total. The summed E-state index contributed by atoms with van der Waals surface area (Å²) in [6.07, 6.45) is 0.0929. The van der Waals surface area contributed by atoms with Gasteiger partial charge in [-0.1, -0.05) is 31.5 Å². The fourth-order valence-electron chi connectivity index (χ4n) is 6.26. The van der Waals surface area contributed by atoms with Crippen molar-refractivity contribution in [1.82, 2.24) is 4.31 Å². The first-order valence-corrected chi connectivity index (χ1v) is 14.3. The number of hydrogen-bond donors (Lipinski definition) is 0. The molecule has 1 aliphatic carbocycles. The van der Waals surface area contributed by atoms with Crippen LogP contribution in [0.25, 0.3) is 0 Å². The van der Waals surface area contributed by atoms with Gasteiger partial charge in [-0.25, -0.2) is 22.8 Å². The topological polar surface area (TPSA) is 143 Å². The van der Waals surface area contributed by atoms with Gasteiger partial charge in [0.15, 0.2) is 5.54 Å². The van der Waals surface area contributed by atoms with Gasteiger partial charge in [-0.15, -0.1) is 0 Å². The molecular weight excluding hydrogens is 530 g/mol. The van der Waals surface area contributed by atoms with Gasteiger partial charge in [0.05, 0.1) is 24.0 Å². The van der Waals surface area contributed by atoms with Gasteiger partial charge >= 0.3 is 23.9 Å². The number of rotatable bonds is 7. The molecule has 2 bridgehead atoms. The Labute approximate surface area is 228 Å². The van der Waals surface area contributed by atoms with Crippen LogP contribution in [0.4, 0.5) is 0 Å². The molecule has 2 aliphatic heterocycles. The van der Waals surface area contributed by atoms with Crippen LogP contribution in [-0.2, 0) is 48.1 Å². The van der Waals surface area contributed by atoms with Crippen LogP contribution in [0.15, 0.2) is 29.2 Å². The standard InChI is InChI=1S/C27H35NO10S/c1-8-36-20(30)25(6)27(21(31)35-7,15-16-28(25)39(33,34)18-11-9-17(2)10-12-18)38-22(32)26-14-13-24(5,19(29)37-26)23(26,3)4/h9-12H,8,13-16H2,1-7H3. The van der Waals surface area contributed by atoms with Crippen molar-refractivity contribution in [2.24, 2.45) is 10.8 Å². The van der Waals surface area contributed by atoms with Gasteiger partial charge in [0.25, 0.3) is 0 Å². The van der Waals surface area contributed by atoms with Crippen molar-refractivity contribution in [3.05, 3.63) is 29.8 Å². The van der Waals surface area contributed by atoms with E-state index < -0.39 is 67.9 Å². The van der Waals surface area contributed by atoms with E-state index in [2.05, 4.69) is 0 Å². The summed E-state index contributed by atoms with van der Waals surface area (Å²) in [5, 5.41) is 0. The highest BCUT2D eigenvalue weighted by molar-refractivity contribution is 7.89. The zero-order chi connectivity index (χ0) is 29.2. The largest absolute Gasteiger partial charge is 0.466 e. The molecule has 1 aromatic carbocycles. The number of aryl methyl sites for hydroxylation is 1. The molecule has 4 atom stereocenters. The molecule has 0 spiro atoms. The summed E-state index contributed by atoms with van der Waals surface area (Å²) >= 11 is 0. The van der Waals surface area contributed by atoms with Crippen molar-refractivity contribution in [1.29, 1.82) is 0 Å². The van der Waals surface area contributed by atoms with Gasteiger partial charge in [-0.05, 0) is 52.7 Å². The van der Waals surface area contributed by atoms with Crippen LogP contribution >= 0.6 is 0 Å². The molecule has 3 fully saturated rings. The first-order chi connectivity index (χ1) is 18.0. The van der Waals surface area contributed by atoms with Crippen molar-refractivity contribution >= 4 is 33.9 Å². The Kier molecular flexibility index (Phi) is 6.71. The predicted octanol–water partition coefficient (Wildman–Crippen LogP) is 2.29. The number of sulfonamides is 1. The van der Waals surface area contributed by atoms with Gasteiger partial charge in [0.2, 0.25) is 21.2 Å². The molecule has 0 amide bonds. The fraction of sp³-hybridized carbons (Fsp3) is 0.630. The maximum absolute atomic E-state index is 14.0. The second-order valence-corrected chi connectivity index (χ2v) is 13.2. The number of benzene rings is 1. The fourth-order valence-corrected chi connectivity index (χ4v) is 8.03. The molecule has 0 N–H and O–H groups in total. The molecular formula is C27H35NO10S. The lowest BCUT2D eigenvalue weighted by Crippen LogP contribution is -2.69. The Hall–Kier alpha value is -2.99. The van der Waals surface area contributed by atoms with Crippen LogP contribution in [0.2, 0.25) is 0 Å². The third-order valence-corrected chi connectivity index (χ3v) is 11.4. The summed E-state index contributed by atoms with van der Waals surface area (Å²) in [7, 11) is -3.35. The number of ether oxygens (including phenoxy) is 4. The third kappa shape index (κ3) is 3.53. The number of esters is 4. The molecule has 39 heavy (non-hydrogen) atoms. The molecule has 4 unspecified atom stereocenters. The van der Waals surface area contributed by atoms with Gasteiger partial charge in [-0.2, -0.15) is 4.31 Å². The van der Waals surface area contributed by atoms with Crippen LogP contribution in [0, 0.1) is 17.8 Å². The molecule has 1 aromatic rings. The van der Waals surface area contributed by atoms with E-state index in [-0.39, 0.29) is 24.5 Å². The maximum atomic E-state index is 14.0. The Bertz CT molecular complexity index is 1340. The van der Waals surface area contributed by atoms with Crippen molar-refractivity contribution < 1.29 is 46.5 Å². The number of nitrogens with zero attached hydrogens (tertiary/aromatic N) is 1. The second kappa shape index (κ2) is 9.02. The van der Waals surface area contributed by atoms with E-state index in [1.54, 1.807) is 39.8 Å². The summed E-state index contributed by atoms with van der Waals surface area (Å²) in [6, 6.07) is 5.98. The Balaban J connectivity index is 1.86. The molecule has 3 aliphatic rings. The zero-order valence-electron chi connectivity index (χ0n) is 23.3. The van der Waals surface area contributed by atoms with E-state index in [1.807, 2.05) is 0 Å². The predicted molar refractivity (Wildman–Crippen MR) is 136 cm³/mol. The Morgan fingerprint density at radius 1 is 0.974 bits per heavy atom. The second-order valence-electron chi connectivity index (χ2n) is 11.3. The van der Waals surface area contributed by atoms with Gasteiger partial charge in [0.1, 0.15) is 0 Å². The molecule has 12 heteroatoms. The summed E-state index contributed by atoms with van der Waals surface area (Å²) in [6.45, 7) is 9.15. The number of hydrogen-bond acceptors (Lipinski definition) is 10. The number of carbonyl (C=O) groups is 4. The first-order valence-electron chi connectivity index (χ1n) is 12.8. The van der Waals surface area contributed by atoms with Crippen LogP contribution < -0.4 is 0 Å². The summed E-state index contributed by atoms with van der Waals surface area (Å²) < 4.78 is 50.5. The molecule has 0 aromatic heterocycles. The molecule has 0 radical (unpaired) electrons. The highest BCUT2D eigenvalue weighted by Crippen LogP contribution is 2.66. The third-order valence-electron chi connectivity index (χ3n) is 9.43. The van der Waals surface area contributed by atoms with E-state index in [1.165, 1.54) is 26.0 Å². The summed E-state index contributed by atoms with van der Waals surface area (Å²) in [5.41, 5.74) is -7.68. The smallest absolute Gasteiger partial charge is 0.353 e.